The summed E-state index contributed by atoms with van der Waals surface area (Å²) in [6.07, 6.45) is 5.38. The van der Waals surface area contributed by atoms with Gasteiger partial charge in [-0.2, -0.15) is 0 Å². The quantitative estimate of drug-likeness (QED) is 0.599. The van der Waals surface area contributed by atoms with Crippen LogP contribution in [-0.2, 0) is 13.1 Å². The van der Waals surface area contributed by atoms with Crippen molar-refractivity contribution in [1.82, 2.24) is 19.2 Å². The van der Waals surface area contributed by atoms with Crippen molar-refractivity contribution in [3.8, 4) is 0 Å². The average molecular weight is 405 g/mol. The summed E-state index contributed by atoms with van der Waals surface area (Å²) < 4.78 is 1.64. The smallest absolute Gasteiger partial charge is 0.258 e. The minimum absolute atomic E-state index is 0.00416. The van der Waals surface area contributed by atoms with E-state index in [-0.39, 0.29) is 5.56 Å². The molecule has 0 unspecified atom stereocenters. The van der Waals surface area contributed by atoms with Gasteiger partial charge in [-0.15, -0.1) is 0 Å². The molecule has 0 amide bonds. The minimum atomic E-state index is 0.00416. The highest BCUT2D eigenvalue weighted by molar-refractivity contribution is 5.39. The molecule has 1 aromatic carbocycles. The van der Waals surface area contributed by atoms with Crippen LogP contribution < -0.4 is 5.56 Å². The van der Waals surface area contributed by atoms with Crippen molar-refractivity contribution in [2.75, 3.05) is 19.6 Å². The molecule has 30 heavy (non-hydrogen) atoms. The minimum Gasteiger partial charge on any atom is -0.298 e. The fourth-order valence-electron chi connectivity index (χ4n) is 4.54. The molecule has 2 aromatic heterocycles. The SMILES string of the molecule is CCCN(Cc1cc(=O)n2cc(C)ccc2n1)[C@@H]1CCCN(Cc2ccccc2)C1. The summed E-state index contributed by atoms with van der Waals surface area (Å²) in [4.78, 5) is 22.5. The molecule has 3 heterocycles. The number of rotatable bonds is 7. The van der Waals surface area contributed by atoms with Gasteiger partial charge in [-0.3, -0.25) is 19.0 Å². The van der Waals surface area contributed by atoms with E-state index in [1.807, 2.05) is 25.3 Å². The van der Waals surface area contributed by atoms with Crippen LogP contribution in [0.25, 0.3) is 5.65 Å². The van der Waals surface area contributed by atoms with Crippen LogP contribution >= 0.6 is 0 Å². The van der Waals surface area contributed by atoms with Crippen molar-refractivity contribution < 1.29 is 0 Å². The number of aryl methyl sites for hydroxylation is 1. The van der Waals surface area contributed by atoms with Gasteiger partial charge < -0.3 is 0 Å². The number of fused-ring (bicyclic) bond motifs is 1. The van der Waals surface area contributed by atoms with Gasteiger partial charge in [0.15, 0.2) is 0 Å². The zero-order chi connectivity index (χ0) is 20.9. The molecule has 3 aromatic rings. The molecule has 5 heteroatoms. The summed E-state index contributed by atoms with van der Waals surface area (Å²) in [5.41, 5.74) is 4.04. The Morgan fingerprint density at radius 1 is 1.17 bits per heavy atom. The molecule has 0 bridgehead atoms. The first-order valence-electron chi connectivity index (χ1n) is 11.1. The molecule has 1 saturated heterocycles. The topological polar surface area (TPSA) is 40.9 Å². The van der Waals surface area contributed by atoms with Crippen LogP contribution in [0.15, 0.2) is 59.5 Å². The molecule has 0 saturated carbocycles. The Balaban J connectivity index is 1.50. The summed E-state index contributed by atoms with van der Waals surface area (Å²) in [6.45, 7) is 9.21. The van der Waals surface area contributed by atoms with Gasteiger partial charge in [0, 0.05) is 37.9 Å². The van der Waals surface area contributed by atoms with E-state index in [0.717, 1.165) is 56.0 Å². The largest absolute Gasteiger partial charge is 0.298 e. The molecule has 0 radical (unpaired) electrons. The maximum Gasteiger partial charge on any atom is 0.258 e. The van der Waals surface area contributed by atoms with Crippen LogP contribution in [0.2, 0.25) is 0 Å². The second-order valence-corrected chi connectivity index (χ2v) is 8.51. The Morgan fingerprint density at radius 3 is 2.80 bits per heavy atom. The summed E-state index contributed by atoms with van der Waals surface area (Å²) in [5, 5.41) is 0. The molecule has 0 spiro atoms. The maximum absolute atomic E-state index is 12.6. The summed E-state index contributed by atoms with van der Waals surface area (Å²) in [7, 11) is 0. The van der Waals surface area contributed by atoms with E-state index in [9.17, 15) is 4.79 Å². The van der Waals surface area contributed by atoms with Crippen molar-refractivity contribution >= 4 is 5.65 Å². The molecular formula is C25H32N4O. The Morgan fingerprint density at radius 2 is 2.00 bits per heavy atom. The number of hydrogen-bond acceptors (Lipinski definition) is 4. The first-order valence-corrected chi connectivity index (χ1v) is 11.1. The maximum atomic E-state index is 12.6. The lowest BCUT2D eigenvalue weighted by atomic mass is 10.0. The van der Waals surface area contributed by atoms with E-state index in [1.165, 1.54) is 18.4 Å². The van der Waals surface area contributed by atoms with Gasteiger partial charge in [-0.05, 0) is 56.5 Å². The lowest BCUT2D eigenvalue weighted by Crippen LogP contribution is -2.47. The van der Waals surface area contributed by atoms with Gasteiger partial charge in [0.1, 0.15) is 5.65 Å². The van der Waals surface area contributed by atoms with Crippen molar-refractivity contribution in [2.24, 2.45) is 0 Å². The first kappa shape index (κ1) is 20.8. The zero-order valence-corrected chi connectivity index (χ0v) is 18.1. The summed E-state index contributed by atoms with van der Waals surface area (Å²) >= 11 is 0. The van der Waals surface area contributed by atoms with Crippen LogP contribution in [0.5, 0.6) is 0 Å². The van der Waals surface area contributed by atoms with E-state index in [2.05, 4.69) is 47.1 Å². The Bertz CT molecular complexity index is 1030. The third-order valence-corrected chi connectivity index (χ3v) is 5.98. The number of pyridine rings is 1. The number of aromatic nitrogens is 2. The third kappa shape index (κ3) is 4.97. The predicted molar refractivity (Wildman–Crippen MR) is 122 cm³/mol. The highest BCUT2D eigenvalue weighted by Gasteiger charge is 2.25. The third-order valence-electron chi connectivity index (χ3n) is 5.98. The average Bonchev–Trinajstić information content (AvgIpc) is 2.75. The summed E-state index contributed by atoms with van der Waals surface area (Å²) in [6, 6.07) is 16.9. The Hall–Kier alpha value is -2.50. The van der Waals surface area contributed by atoms with Crippen molar-refractivity contribution in [2.45, 2.75) is 52.2 Å². The van der Waals surface area contributed by atoms with E-state index in [0.29, 0.717) is 6.04 Å². The molecule has 1 aliphatic rings. The lowest BCUT2D eigenvalue weighted by molar-refractivity contribution is 0.0868. The zero-order valence-electron chi connectivity index (χ0n) is 18.1. The molecule has 158 valence electrons. The molecular weight excluding hydrogens is 372 g/mol. The van der Waals surface area contributed by atoms with Gasteiger partial charge in [-0.25, -0.2) is 4.98 Å². The molecule has 1 aliphatic heterocycles. The number of hydrogen-bond donors (Lipinski definition) is 0. The van der Waals surface area contributed by atoms with Crippen LogP contribution in [0.1, 0.15) is 43.0 Å². The molecule has 5 nitrogen and oxygen atoms in total. The van der Waals surface area contributed by atoms with Crippen LogP contribution in [-0.4, -0.2) is 44.9 Å². The second-order valence-electron chi connectivity index (χ2n) is 8.51. The standard InChI is InChI=1S/C25H32N4O/c1-3-13-28(18-22-15-25(30)29-16-20(2)11-12-24(29)26-22)23-10-7-14-27(19-23)17-21-8-5-4-6-9-21/h4-6,8-9,11-12,15-16,23H,3,7,10,13-14,17-19H2,1-2H3/t23-/m1/s1. The van der Waals surface area contributed by atoms with Gasteiger partial charge >= 0.3 is 0 Å². The van der Waals surface area contributed by atoms with Crippen molar-refractivity contribution in [3.63, 3.8) is 0 Å². The number of benzene rings is 1. The van der Waals surface area contributed by atoms with Crippen LogP contribution in [0, 0.1) is 6.92 Å². The van der Waals surface area contributed by atoms with Crippen molar-refractivity contribution in [3.05, 3.63) is 81.9 Å². The highest BCUT2D eigenvalue weighted by Crippen LogP contribution is 2.20. The van der Waals surface area contributed by atoms with E-state index < -0.39 is 0 Å². The van der Waals surface area contributed by atoms with Crippen molar-refractivity contribution in [1.29, 1.82) is 0 Å². The fraction of sp³-hybridized carbons (Fsp3) is 0.440. The van der Waals surface area contributed by atoms with Crippen LogP contribution in [0.3, 0.4) is 0 Å². The lowest BCUT2D eigenvalue weighted by Gasteiger charge is -2.39. The Kier molecular flexibility index (Phi) is 6.60. The van der Waals surface area contributed by atoms with Gasteiger partial charge in [-0.1, -0.05) is 43.3 Å². The molecule has 1 fully saturated rings. The number of nitrogens with zero attached hydrogens (tertiary/aromatic N) is 4. The van der Waals surface area contributed by atoms with E-state index >= 15 is 0 Å². The van der Waals surface area contributed by atoms with Crippen LogP contribution in [0.4, 0.5) is 0 Å². The highest BCUT2D eigenvalue weighted by atomic mass is 16.1. The van der Waals surface area contributed by atoms with Gasteiger partial charge in [0.05, 0.1) is 5.69 Å². The molecule has 4 rings (SSSR count). The predicted octanol–water partition coefficient (Wildman–Crippen LogP) is 3.88. The number of likely N-dealkylation sites (tertiary alicyclic amines) is 1. The molecule has 0 aliphatic carbocycles. The first-order chi connectivity index (χ1) is 14.6. The van der Waals surface area contributed by atoms with E-state index in [4.69, 9.17) is 4.98 Å². The fourth-order valence-corrected chi connectivity index (χ4v) is 4.54. The monoisotopic (exact) mass is 404 g/mol. The Labute approximate surface area is 179 Å². The second kappa shape index (κ2) is 9.54. The normalized spacial score (nSPS) is 17.6. The molecule has 1 atom stereocenters. The number of piperidine rings is 1. The van der Waals surface area contributed by atoms with E-state index in [1.54, 1.807) is 10.5 Å². The molecule has 0 N–H and O–H groups in total. The summed E-state index contributed by atoms with van der Waals surface area (Å²) in [5.74, 6) is 0. The van der Waals surface area contributed by atoms with Gasteiger partial charge in [0.2, 0.25) is 0 Å². The van der Waals surface area contributed by atoms with Gasteiger partial charge in [0.25, 0.3) is 5.56 Å².